The molecule has 1 saturated carbocycles. The zero-order valence-electron chi connectivity index (χ0n) is 22.2. The van der Waals surface area contributed by atoms with Crippen LogP contribution in [0.3, 0.4) is 0 Å². The Hall–Kier alpha value is -4.17. The van der Waals surface area contributed by atoms with Gasteiger partial charge in [0.15, 0.2) is 5.76 Å². The van der Waals surface area contributed by atoms with Gasteiger partial charge in [-0.25, -0.2) is 9.37 Å². The third kappa shape index (κ3) is 4.55. The highest BCUT2D eigenvalue weighted by Crippen LogP contribution is 2.41. The summed E-state index contributed by atoms with van der Waals surface area (Å²) in [6.07, 6.45) is 8.13. The number of imidazole rings is 1. The van der Waals surface area contributed by atoms with Crippen LogP contribution >= 0.6 is 0 Å². The normalized spacial score (nSPS) is 14.0. The number of hydrogen-bond donors (Lipinski definition) is 2. The molecule has 0 bridgehead atoms. The highest BCUT2D eigenvalue weighted by atomic mass is 19.1. The van der Waals surface area contributed by atoms with Crippen LogP contribution in [-0.2, 0) is 13.7 Å². The molecule has 0 unspecified atom stereocenters. The Kier molecular flexibility index (Phi) is 6.35. The topological polar surface area (TPSA) is 93.3 Å². The molecule has 1 aliphatic carbocycles. The van der Waals surface area contributed by atoms with E-state index >= 15 is 0 Å². The van der Waals surface area contributed by atoms with E-state index in [1.54, 1.807) is 51.5 Å². The van der Waals surface area contributed by atoms with E-state index in [0.717, 1.165) is 24.4 Å². The number of nitrogens with zero attached hydrogens (tertiary/aromatic N) is 2. The maximum atomic E-state index is 13.9. The van der Waals surface area contributed by atoms with Crippen LogP contribution in [0.4, 0.5) is 4.39 Å². The fourth-order valence-electron chi connectivity index (χ4n) is 5.59. The lowest BCUT2D eigenvalue weighted by atomic mass is 10.0. The number of rotatable bonds is 6. The van der Waals surface area contributed by atoms with E-state index in [-0.39, 0.29) is 18.0 Å². The summed E-state index contributed by atoms with van der Waals surface area (Å²) in [7, 11) is 1.69. The number of aliphatic hydroxyl groups excluding tert-OH is 1. The lowest BCUT2D eigenvalue weighted by Gasteiger charge is -2.17. The third-order valence-corrected chi connectivity index (χ3v) is 7.61. The number of aryl methyl sites for hydroxylation is 3. The first-order chi connectivity index (χ1) is 18.8. The summed E-state index contributed by atoms with van der Waals surface area (Å²) in [5, 5.41) is 10.3. The van der Waals surface area contributed by atoms with Crippen LogP contribution in [0, 0.1) is 19.7 Å². The van der Waals surface area contributed by atoms with Crippen molar-refractivity contribution in [2.75, 3.05) is 0 Å². The zero-order chi connectivity index (χ0) is 27.3. The van der Waals surface area contributed by atoms with Crippen molar-refractivity contribution in [3.8, 4) is 34.1 Å². The van der Waals surface area contributed by atoms with Crippen LogP contribution in [0.15, 0.2) is 58.0 Å². The van der Waals surface area contributed by atoms with Gasteiger partial charge in [0.2, 0.25) is 0 Å². The Labute approximate surface area is 224 Å². The molecule has 8 heteroatoms. The summed E-state index contributed by atoms with van der Waals surface area (Å²) in [6.45, 7) is 3.42. The van der Waals surface area contributed by atoms with Crippen molar-refractivity contribution < 1.29 is 18.7 Å². The fourth-order valence-corrected chi connectivity index (χ4v) is 5.59. The molecule has 0 radical (unpaired) electrons. The summed E-state index contributed by atoms with van der Waals surface area (Å²) in [5.74, 6) is 2.61. The van der Waals surface area contributed by atoms with Gasteiger partial charge in [-0.05, 0) is 73.7 Å². The molecule has 1 fully saturated rings. The van der Waals surface area contributed by atoms with Crippen molar-refractivity contribution >= 4 is 11.0 Å². The highest BCUT2D eigenvalue weighted by Gasteiger charge is 2.23. The molecule has 2 aromatic carbocycles. The second-order valence-corrected chi connectivity index (χ2v) is 10.4. The molecule has 2 N–H and O–H groups in total. The summed E-state index contributed by atoms with van der Waals surface area (Å²) < 4.78 is 28.2. The first-order valence-corrected chi connectivity index (χ1v) is 13.2. The van der Waals surface area contributed by atoms with Crippen molar-refractivity contribution in [1.82, 2.24) is 14.5 Å². The third-order valence-electron chi connectivity index (χ3n) is 7.61. The Morgan fingerprint density at radius 3 is 2.59 bits per heavy atom. The lowest BCUT2D eigenvalue weighted by Crippen LogP contribution is -2.15. The smallest absolute Gasteiger partial charge is 0.261 e. The number of nitrogens with one attached hydrogen (secondary N) is 1. The van der Waals surface area contributed by atoms with Gasteiger partial charge in [-0.3, -0.25) is 4.79 Å². The molecule has 3 heterocycles. The van der Waals surface area contributed by atoms with Crippen molar-refractivity contribution in [2.24, 2.45) is 7.05 Å². The molecule has 0 spiro atoms. The minimum Gasteiger partial charge on any atom is -0.456 e. The second kappa shape index (κ2) is 9.85. The van der Waals surface area contributed by atoms with Crippen LogP contribution in [0.25, 0.3) is 33.6 Å². The van der Waals surface area contributed by atoms with Gasteiger partial charge in [0, 0.05) is 30.3 Å². The van der Waals surface area contributed by atoms with E-state index < -0.39 is 0 Å². The van der Waals surface area contributed by atoms with Gasteiger partial charge < -0.3 is 23.8 Å². The largest absolute Gasteiger partial charge is 0.456 e. The molecule has 5 aromatic rings. The zero-order valence-corrected chi connectivity index (χ0v) is 22.2. The van der Waals surface area contributed by atoms with Gasteiger partial charge >= 0.3 is 0 Å². The number of ether oxygens (including phenoxy) is 1. The molecular weight excluding hydrogens is 497 g/mol. The standard InChI is InChI=1S/C31H30FN3O4/c1-17-10-21(32)11-18(2)28(17)38-26-9-8-19(16-36)12-22(26)24-15-35(3)31(37)23-13-27(39-29(23)24)25-14-33-30(34-25)20-6-4-5-7-20/h8-15,20,36H,4-7,16H2,1-3H3,(H,33,34). The average Bonchev–Trinajstić information content (AvgIpc) is 3.69. The van der Waals surface area contributed by atoms with Crippen LogP contribution in [0.5, 0.6) is 11.5 Å². The van der Waals surface area contributed by atoms with E-state index in [0.29, 0.717) is 62.0 Å². The summed E-state index contributed by atoms with van der Waals surface area (Å²) in [4.78, 5) is 21.2. The SMILES string of the molecule is Cc1cc(F)cc(C)c1Oc1ccc(CO)cc1-c1cn(C)c(=O)c2cc(-c3cnc(C4CCCC4)[nH]3)oc12. The van der Waals surface area contributed by atoms with Gasteiger partial charge in [0.1, 0.15) is 34.4 Å². The minimum absolute atomic E-state index is 0.168. The van der Waals surface area contributed by atoms with Gasteiger partial charge in [-0.1, -0.05) is 18.9 Å². The molecule has 0 aliphatic heterocycles. The number of furan rings is 1. The molecule has 200 valence electrons. The van der Waals surface area contributed by atoms with E-state index in [1.807, 2.05) is 6.07 Å². The number of benzene rings is 2. The Balaban J connectivity index is 1.50. The van der Waals surface area contributed by atoms with E-state index in [9.17, 15) is 14.3 Å². The first kappa shape index (κ1) is 25.1. The number of pyridine rings is 1. The number of aromatic amines is 1. The summed E-state index contributed by atoms with van der Waals surface area (Å²) >= 11 is 0. The van der Waals surface area contributed by atoms with E-state index in [1.165, 1.54) is 29.5 Å². The van der Waals surface area contributed by atoms with Crippen molar-refractivity contribution in [2.45, 2.75) is 52.1 Å². The number of hydrogen-bond acceptors (Lipinski definition) is 5. The van der Waals surface area contributed by atoms with Crippen LogP contribution in [-0.4, -0.2) is 19.6 Å². The predicted octanol–water partition coefficient (Wildman–Crippen LogP) is 6.89. The van der Waals surface area contributed by atoms with Crippen molar-refractivity contribution in [1.29, 1.82) is 0 Å². The highest BCUT2D eigenvalue weighted by molar-refractivity contribution is 5.95. The summed E-state index contributed by atoms with van der Waals surface area (Å²) in [5.41, 5.74) is 4.22. The Morgan fingerprint density at radius 2 is 1.87 bits per heavy atom. The quantitative estimate of drug-likeness (QED) is 0.251. The maximum Gasteiger partial charge on any atom is 0.261 e. The van der Waals surface area contributed by atoms with Crippen molar-refractivity contribution in [3.05, 3.63) is 87.5 Å². The Bertz CT molecular complexity index is 1730. The molecule has 3 aromatic heterocycles. The number of aromatic nitrogens is 3. The predicted molar refractivity (Wildman–Crippen MR) is 148 cm³/mol. The Morgan fingerprint density at radius 1 is 1.13 bits per heavy atom. The molecule has 39 heavy (non-hydrogen) atoms. The van der Waals surface area contributed by atoms with Crippen LogP contribution in [0.1, 0.15) is 54.1 Å². The van der Waals surface area contributed by atoms with Gasteiger partial charge in [0.25, 0.3) is 5.56 Å². The van der Waals surface area contributed by atoms with Crippen LogP contribution in [0.2, 0.25) is 0 Å². The summed E-state index contributed by atoms with van der Waals surface area (Å²) in [6, 6.07) is 9.97. The number of H-pyrrole nitrogens is 1. The minimum atomic E-state index is -0.328. The van der Waals surface area contributed by atoms with Crippen molar-refractivity contribution in [3.63, 3.8) is 0 Å². The monoisotopic (exact) mass is 527 g/mol. The van der Waals surface area contributed by atoms with E-state index in [2.05, 4.69) is 9.97 Å². The molecule has 1 aliphatic rings. The van der Waals surface area contributed by atoms with Gasteiger partial charge in [-0.2, -0.15) is 0 Å². The van der Waals surface area contributed by atoms with Crippen LogP contribution < -0.4 is 10.3 Å². The number of fused-ring (bicyclic) bond motifs is 1. The molecule has 0 atom stereocenters. The second-order valence-electron chi connectivity index (χ2n) is 10.4. The molecule has 0 saturated heterocycles. The average molecular weight is 528 g/mol. The molecule has 6 rings (SSSR count). The number of aliphatic hydroxyl groups is 1. The molecule has 7 nitrogen and oxygen atoms in total. The first-order valence-electron chi connectivity index (χ1n) is 13.2. The number of halogens is 1. The lowest BCUT2D eigenvalue weighted by molar-refractivity contribution is 0.282. The molecule has 0 amide bonds. The maximum absolute atomic E-state index is 13.9. The van der Waals surface area contributed by atoms with E-state index in [4.69, 9.17) is 9.15 Å². The molecular formula is C31H30FN3O4. The van der Waals surface area contributed by atoms with Gasteiger partial charge in [-0.15, -0.1) is 0 Å². The fraction of sp³-hybridized carbons (Fsp3) is 0.290. The van der Waals surface area contributed by atoms with Gasteiger partial charge in [0.05, 0.1) is 18.2 Å².